The maximum absolute atomic E-state index is 12.7. The summed E-state index contributed by atoms with van der Waals surface area (Å²) < 4.78 is 31.8. The molecule has 0 amide bonds. The zero-order valence-corrected chi connectivity index (χ0v) is 12.6. The fourth-order valence-electron chi connectivity index (χ4n) is 2.29. The quantitative estimate of drug-likeness (QED) is 0.644. The molecule has 0 aliphatic carbocycles. The number of benzene rings is 1. The Morgan fingerprint density at radius 1 is 1.48 bits per heavy atom. The number of piperazine rings is 1. The van der Waals surface area contributed by atoms with Crippen molar-refractivity contribution in [3.8, 4) is 5.75 Å². The van der Waals surface area contributed by atoms with E-state index in [9.17, 15) is 18.5 Å². The van der Waals surface area contributed by atoms with Crippen molar-refractivity contribution >= 4 is 15.7 Å². The van der Waals surface area contributed by atoms with E-state index in [1.165, 1.54) is 23.5 Å². The van der Waals surface area contributed by atoms with Crippen molar-refractivity contribution in [3.05, 3.63) is 28.3 Å². The number of sulfonamides is 1. The van der Waals surface area contributed by atoms with Crippen LogP contribution in [0.3, 0.4) is 0 Å². The van der Waals surface area contributed by atoms with Crippen LogP contribution < -0.4 is 10.1 Å². The van der Waals surface area contributed by atoms with Crippen molar-refractivity contribution in [2.45, 2.75) is 17.9 Å². The normalized spacial score (nSPS) is 20.2. The predicted octanol–water partition coefficient (Wildman–Crippen LogP) is 0.586. The summed E-state index contributed by atoms with van der Waals surface area (Å²) in [7, 11) is -2.46. The summed E-state index contributed by atoms with van der Waals surface area (Å²) in [6, 6.07) is 3.33. The molecule has 0 aromatic heterocycles. The van der Waals surface area contributed by atoms with Crippen LogP contribution in [0.15, 0.2) is 23.1 Å². The van der Waals surface area contributed by atoms with Crippen molar-refractivity contribution in [1.29, 1.82) is 0 Å². The number of nitro groups is 1. The van der Waals surface area contributed by atoms with Crippen LogP contribution in [0.2, 0.25) is 0 Å². The van der Waals surface area contributed by atoms with Gasteiger partial charge in [0.15, 0.2) is 0 Å². The molecule has 1 unspecified atom stereocenters. The van der Waals surface area contributed by atoms with Crippen molar-refractivity contribution in [1.82, 2.24) is 9.62 Å². The van der Waals surface area contributed by atoms with Gasteiger partial charge in [-0.05, 0) is 13.0 Å². The summed E-state index contributed by atoms with van der Waals surface area (Å²) in [6.45, 7) is 3.29. The van der Waals surface area contributed by atoms with E-state index >= 15 is 0 Å². The second-order valence-corrected chi connectivity index (χ2v) is 6.62. The number of methoxy groups -OCH3 is 1. The lowest BCUT2D eigenvalue weighted by Crippen LogP contribution is -2.52. The van der Waals surface area contributed by atoms with Crippen LogP contribution in [0.1, 0.15) is 6.92 Å². The Hall–Kier alpha value is -1.71. The molecule has 0 radical (unpaired) electrons. The highest BCUT2D eigenvalue weighted by Gasteiger charge is 2.33. The van der Waals surface area contributed by atoms with E-state index in [0.717, 1.165) is 6.07 Å². The van der Waals surface area contributed by atoms with E-state index in [1.54, 1.807) is 0 Å². The third-order valence-corrected chi connectivity index (χ3v) is 5.44. The Labute approximate surface area is 122 Å². The number of non-ortho nitro benzene ring substituents is 1. The molecule has 9 heteroatoms. The molecule has 8 nitrogen and oxygen atoms in total. The number of hydrogen-bond donors (Lipinski definition) is 1. The van der Waals surface area contributed by atoms with Gasteiger partial charge in [-0.3, -0.25) is 10.1 Å². The number of hydrogen-bond acceptors (Lipinski definition) is 6. The highest BCUT2D eigenvalue weighted by Crippen LogP contribution is 2.31. The van der Waals surface area contributed by atoms with Gasteiger partial charge >= 0.3 is 0 Å². The number of nitrogens with one attached hydrogen (secondary N) is 1. The largest absolute Gasteiger partial charge is 0.495 e. The first-order valence-corrected chi connectivity index (χ1v) is 7.87. The van der Waals surface area contributed by atoms with Gasteiger partial charge in [0.2, 0.25) is 10.0 Å². The lowest BCUT2D eigenvalue weighted by atomic mass is 10.3. The lowest BCUT2D eigenvalue weighted by Gasteiger charge is -2.33. The molecule has 1 aliphatic rings. The smallest absolute Gasteiger partial charge is 0.273 e. The molecule has 1 aromatic carbocycles. The van der Waals surface area contributed by atoms with Crippen molar-refractivity contribution < 1.29 is 18.1 Å². The first-order chi connectivity index (χ1) is 9.87. The molecule has 1 aliphatic heterocycles. The summed E-state index contributed by atoms with van der Waals surface area (Å²) in [5, 5.41) is 13.9. The predicted molar refractivity (Wildman–Crippen MR) is 75.9 cm³/mol. The molecule has 21 heavy (non-hydrogen) atoms. The van der Waals surface area contributed by atoms with E-state index in [1.807, 2.05) is 6.92 Å². The zero-order chi connectivity index (χ0) is 15.6. The minimum atomic E-state index is -3.75. The number of nitro benzene ring substituents is 1. The van der Waals surface area contributed by atoms with Gasteiger partial charge in [-0.25, -0.2) is 8.42 Å². The molecule has 1 saturated heterocycles. The third-order valence-electron chi connectivity index (χ3n) is 3.38. The maximum atomic E-state index is 12.7. The Morgan fingerprint density at radius 3 is 2.76 bits per heavy atom. The Bertz CT molecular complexity index is 646. The first kappa shape index (κ1) is 15.7. The Balaban J connectivity index is 2.46. The molecular formula is C12H17N3O5S. The maximum Gasteiger partial charge on any atom is 0.273 e. The van der Waals surface area contributed by atoms with E-state index in [4.69, 9.17) is 4.74 Å². The van der Waals surface area contributed by atoms with Gasteiger partial charge < -0.3 is 10.1 Å². The number of ether oxygens (including phenoxy) is 1. The highest BCUT2D eigenvalue weighted by atomic mass is 32.2. The fourth-order valence-corrected chi connectivity index (χ4v) is 4.06. The topological polar surface area (TPSA) is 102 Å². The van der Waals surface area contributed by atoms with Crippen molar-refractivity contribution in [2.24, 2.45) is 0 Å². The van der Waals surface area contributed by atoms with E-state index in [-0.39, 0.29) is 22.4 Å². The van der Waals surface area contributed by atoms with Crippen LogP contribution >= 0.6 is 0 Å². The zero-order valence-electron chi connectivity index (χ0n) is 11.8. The summed E-state index contributed by atoms with van der Waals surface area (Å²) in [4.78, 5) is 10.1. The summed E-state index contributed by atoms with van der Waals surface area (Å²) >= 11 is 0. The van der Waals surface area contributed by atoms with Gasteiger partial charge in [-0.1, -0.05) is 0 Å². The molecule has 1 atom stereocenters. The molecule has 1 fully saturated rings. The number of nitrogens with zero attached hydrogens (tertiary/aromatic N) is 2. The Morgan fingerprint density at radius 2 is 2.19 bits per heavy atom. The van der Waals surface area contributed by atoms with Crippen molar-refractivity contribution in [2.75, 3.05) is 26.7 Å². The molecular weight excluding hydrogens is 298 g/mol. The van der Waals surface area contributed by atoms with Crippen LogP contribution in [0.25, 0.3) is 0 Å². The van der Waals surface area contributed by atoms with Crippen LogP contribution in [0, 0.1) is 10.1 Å². The van der Waals surface area contributed by atoms with Crippen LogP contribution in [0.5, 0.6) is 5.75 Å². The summed E-state index contributed by atoms with van der Waals surface area (Å²) in [5.41, 5.74) is -0.209. The first-order valence-electron chi connectivity index (χ1n) is 6.43. The third kappa shape index (κ3) is 2.99. The SMILES string of the molecule is COc1cc([N+](=O)[O-])ccc1S(=O)(=O)N1CCNCC1C. The van der Waals surface area contributed by atoms with E-state index in [0.29, 0.717) is 19.6 Å². The van der Waals surface area contributed by atoms with Gasteiger partial charge in [-0.15, -0.1) is 0 Å². The van der Waals surface area contributed by atoms with Gasteiger partial charge in [0, 0.05) is 31.7 Å². The second kappa shape index (κ2) is 5.96. The average molecular weight is 315 g/mol. The Kier molecular flexibility index (Phi) is 4.45. The summed E-state index contributed by atoms with van der Waals surface area (Å²) in [5.74, 6) is -0.0186. The molecule has 0 bridgehead atoms. The lowest BCUT2D eigenvalue weighted by molar-refractivity contribution is -0.385. The van der Waals surface area contributed by atoms with Gasteiger partial charge in [0.25, 0.3) is 5.69 Å². The van der Waals surface area contributed by atoms with Gasteiger partial charge in [0.1, 0.15) is 10.6 Å². The van der Waals surface area contributed by atoms with Crippen LogP contribution in [-0.2, 0) is 10.0 Å². The molecule has 116 valence electrons. The molecule has 1 N–H and O–H groups in total. The standard InChI is InChI=1S/C12H17N3O5S/c1-9-8-13-5-6-14(9)21(18,19)12-4-3-10(15(16)17)7-11(12)20-2/h3-4,7,9,13H,5-6,8H2,1-2H3. The van der Waals surface area contributed by atoms with Crippen LogP contribution in [-0.4, -0.2) is 50.4 Å². The molecule has 0 spiro atoms. The molecule has 0 saturated carbocycles. The van der Waals surface area contributed by atoms with E-state index in [2.05, 4.69) is 5.32 Å². The second-order valence-electron chi connectivity index (χ2n) is 4.76. The highest BCUT2D eigenvalue weighted by molar-refractivity contribution is 7.89. The van der Waals surface area contributed by atoms with Gasteiger partial charge in [0.05, 0.1) is 18.1 Å². The fraction of sp³-hybridized carbons (Fsp3) is 0.500. The van der Waals surface area contributed by atoms with E-state index < -0.39 is 14.9 Å². The molecule has 2 rings (SSSR count). The van der Waals surface area contributed by atoms with Crippen molar-refractivity contribution in [3.63, 3.8) is 0 Å². The number of rotatable bonds is 4. The van der Waals surface area contributed by atoms with Gasteiger partial charge in [-0.2, -0.15) is 4.31 Å². The molecule has 1 aromatic rings. The monoisotopic (exact) mass is 315 g/mol. The summed E-state index contributed by atoms with van der Waals surface area (Å²) in [6.07, 6.45) is 0. The average Bonchev–Trinajstić information content (AvgIpc) is 2.46. The van der Waals surface area contributed by atoms with Crippen LogP contribution in [0.4, 0.5) is 5.69 Å². The minimum Gasteiger partial charge on any atom is -0.495 e. The minimum absolute atomic E-state index is 0.0186. The molecule has 1 heterocycles.